The minimum Gasteiger partial charge on any atom is -0.322 e. The van der Waals surface area contributed by atoms with Gasteiger partial charge in [-0.25, -0.2) is 0 Å². The topological polar surface area (TPSA) is 29.1 Å². The number of para-hydroxylation sites is 1. The highest BCUT2D eigenvalue weighted by Gasteiger charge is 2.05. The minimum atomic E-state index is -0.141. The first-order valence-corrected chi connectivity index (χ1v) is 7.51. The van der Waals surface area contributed by atoms with E-state index in [9.17, 15) is 4.79 Å². The molecule has 0 fully saturated rings. The third-order valence-corrected chi connectivity index (χ3v) is 3.50. The summed E-state index contributed by atoms with van der Waals surface area (Å²) in [4.78, 5) is 12.2. The molecule has 2 nitrogen and oxygen atoms in total. The van der Waals surface area contributed by atoms with E-state index in [4.69, 9.17) is 0 Å². The Morgan fingerprint density at radius 1 is 0.739 bits per heavy atom. The number of nitrogens with one attached hydrogen (secondary N) is 1. The molecule has 0 saturated heterocycles. The lowest BCUT2D eigenvalue weighted by Crippen LogP contribution is -2.08. The molecule has 0 aliphatic heterocycles. The van der Waals surface area contributed by atoms with Crippen molar-refractivity contribution in [1.82, 2.24) is 0 Å². The van der Waals surface area contributed by atoms with Gasteiger partial charge in [0.1, 0.15) is 0 Å². The van der Waals surface area contributed by atoms with E-state index in [2.05, 4.69) is 5.32 Å². The first-order chi connectivity index (χ1) is 11.3. The zero-order valence-corrected chi connectivity index (χ0v) is 12.6. The first-order valence-electron chi connectivity index (χ1n) is 7.51. The molecule has 0 bridgehead atoms. The molecule has 112 valence electrons. The van der Waals surface area contributed by atoms with Crippen molar-refractivity contribution >= 4 is 17.7 Å². The number of benzene rings is 3. The van der Waals surface area contributed by atoms with E-state index in [1.807, 2.05) is 84.9 Å². The number of carbonyl (C=O) groups excluding carboxylic acids is 1. The SMILES string of the molecule is O=C(C=Cc1ccccc1)Nc1ccccc1-c1ccccc1. The molecule has 0 aliphatic rings. The third kappa shape index (κ3) is 3.95. The van der Waals surface area contributed by atoms with Gasteiger partial charge in [0.2, 0.25) is 5.91 Å². The molecule has 0 aliphatic carbocycles. The number of amides is 1. The fourth-order valence-corrected chi connectivity index (χ4v) is 2.37. The van der Waals surface area contributed by atoms with Crippen LogP contribution in [-0.2, 0) is 4.79 Å². The van der Waals surface area contributed by atoms with Crippen LogP contribution in [0.25, 0.3) is 17.2 Å². The van der Waals surface area contributed by atoms with Gasteiger partial charge in [-0.3, -0.25) is 4.79 Å². The predicted octanol–water partition coefficient (Wildman–Crippen LogP) is 5.01. The Balaban J connectivity index is 1.78. The van der Waals surface area contributed by atoms with Crippen molar-refractivity contribution in [2.75, 3.05) is 5.32 Å². The van der Waals surface area contributed by atoms with E-state index < -0.39 is 0 Å². The summed E-state index contributed by atoms with van der Waals surface area (Å²) in [6, 6.07) is 27.6. The minimum absolute atomic E-state index is 0.141. The predicted molar refractivity (Wildman–Crippen MR) is 96.0 cm³/mol. The first kappa shape index (κ1) is 14.8. The molecule has 0 atom stereocenters. The van der Waals surface area contributed by atoms with E-state index in [-0.39, 0.29) is 5.91 Å². The smallest absolute Gasteiger partial charge is 0.248 e. The second-order valence-electron chi connectivity index (χ2n) is 5.14. The van der Waals surface area contributed by atoms with Gasteiger partial charge in [0.05, 0.1) is 0 Å². The Morgan fingerprint density at radius 2 is 1.35 bits per heavy atom. The molecule has 1 amide bonds. The molecule has 3 aromatic carbocycles. The van der Waals surface area contributed by atoms with Gasteiger partial charge in [-0.2, -0.15) is 0 Å². The van der Waals surface area contributed by atoms with Crippen LogP contribution in [0.15, 0.2) is 91.0 Å². The van der Waals surface area contributed by atoms with Gasteiger partial charge in [0.15, 0.2) is 0 Å². The summed E-state index contributed by atoms with van der Waals surface area (Å²) in [5.74, 6) is -0.141. The van der Waals surface area contributed by atoms with Crippen LogP contribution in [0, 0.1) is 0 Å². The van der Waals surface area contributed by atoms with E-state index in [0.29, 0.717) is 0 Å². The third-order valence-electron chi connectivity index (χ3n) is 3.50. The lowest BCUT2D eigenvalue weighted by atomic mass is 10.0. The Bertz CT molecular complexity index is 808. The molecular formula is C21H17NO. The van der Waals surface area contributed by atoms with Crippen LogP contribution >= 0.6 is 0 Å². The molecule has 3 rings (SSSR count). The average molecular weight is 299 g/mol. The van der Waals surface area contributed by atoms with Crippen molar-refractivity contribution in [1.29, 1.82) is 0 Å². The Morgan fingerprint density at radius 3 is 2.09 bits per heavy atom. The number of rotatable bonds is 4. The molecule has 23 heavy (non-hydrogen) atoms. The highest BCUT2D eigenvalue weighted by atomic mass is 16.1. The van der Waals surface area contributed by atoms with Crippen molar-refractivity contribution in [2.45, 2.75) is 0 Å². The van der Waals surface area contributed by atoms with Crippen LogP contribution < -0.4 is 5.32 Å². The maximum absolute atomic E-state index is 12.2. The van der Waals surface area contributed by atoms with E-state index in [0.717, 1.165) is 22.4 Å². The molecule has 2 heteroatoms. The van der Waals surface area contributed by atoms with Crippen molar-refractivity contribution < 1.29 is 4.79 Å². The zero-order chi connectivity index (χ0) is 15.9. The summed E-state index contributed by atoms with van der Waals surface area (Å²) in [7, 11) is 0. The van der Waals surface area contributed by atoms with Crippen LogP contribution in [0.5, 0.6) is 0 Å². The molecule has 0 unspecified atom stereocenters. The average Bonchev–Trinajstić information content (AvgIpc) is 2.62. The Kier molecular flexibility index (Phi) is 4.65. The lowest BCUT2D eigenvalue weighted by molar-refractivity contribution is -0.111. The van der Waals surface area contributed by atoms with Crippen molar-refractivity contribution in [3.05, 3.63) is 96.6 Å². The van der Waals surface area contributed by atoms with Crippen molar-refractivity contribution in [2.24, 2.45) is 0 Å². The number of hydrogen-bond donors (Lipinski definition) is 1. The fourth-order valence-electron chi connectivity index (χ4n) is 2.37. The maximum atomic E-state index is 12.2. The molecular weight excluding hydrogens is 282 g/mol. The summed E-state index contributed by atoms with van der Waals surface area (Å²) >= 11 is 0. The lowest BCUT2D eigenvalue weighted by Gasteiger charge is -2.10. The Labute approximate surface area is 136 Å². The van der Waals surface area contributed by atoms with Gasteiger partial charge in [-0.15, -0.1) is 0 Å². The van der Waals surface area contributed by atoms with Crippen LogP contribution in [0.4, 0.5) is 5.69 Å². The van der Waals surface area contributed by atoms with Gasteiger partial charge in [-0.05, 0) is 23.3 Å². The van der Waals surface area contributed by atoms with Gasteiger partial charge in [0, 0.05) is 17.3 Å². The van der Waals surface area contributed by atoms with Crippen LogP contribution in [0.1, 0.15) is 5.56 Å². The molecule has 0 heterocycles. The maximum Gasteiger partial charge on any atom is 0.248 e. The number of anilines is 1. The quantitative estimate of drug-likeness (QED) is 0.674. The summed E-state index contributed by atoms with van der Waals surface area (Å²) in [6.07, 6.45) is 3.36. The second kappa shape index (κ2) is 7.23. The van der Waals surface area contributed by atoms with Crippen LogP contribution in [-0.4, -0.2) is 5.91 Å². The van der Waals surface area contributed by atoms with E-state index >= 15 is 0 Å². The summed E-state index contributed by atoms with van der Waals surface area (Å²) in [5, 5.41) is 2.95. The van der Waals surface area contributed by atoms with Gasteiger partial charge < -0.3 is 5.32 Å². The van der Waals surface area contributed by atoms with Crippen molar-refractivity contribution in [3.8, 4) is 11.1 Å². The molecule has 3 aromatic rings. The molecule has 1 N–H and O–H groups in total. The standard InChI is InChI=1S/C21H17NO/c23-21(16-15-17-9-3-1-4-10-17)22-20-14-8-7-13-19(20)18-11-5-2-6-12-18/h1-16H,(H,22,23). The van der Waals surface area contributed by atoms with Crippen LogP contribution in [0.2, 0.25) is 0 Å². The number of hydrogen-bond acceptors (Lipinski definition) is 1. The molecule has 0 saturated carbocycles. The van der Waals surface area contributed by atoms with Gasteiger partial charge >= 0.3 is 0 Å². The molecule has 0 radical (unpaired) electrons. The van der Waals surface area contributed by atoms with Gasteiger partial charge in [0.25, 0.3) is 0 Å². The molecule has 0 spiro atoms. The van der Waals surface area contributed by atoms with Gasteiger partial charge in [-0.1, -0.05) is 78.9 Å². The molecule has 0 aromatic heterocycles. The van der Waals surface area contributed by atoms with Crippen molar-refractivity contribution in [3.63, 3.8) is 0 Å². The largest absolute Gasteiger partial charge is 0.322 e. The highest BCUT2D eigenvalue weighted by molar-refractivity contribution is 6.04. The highest BCUT2D eigenvalue weighted by Crippen LogP contribution is 2.27. The zero-order valence-electron chi connectivity index (χ0n) is 12.6. The second-order valence-corrected chi connectivity index (χ2v) is 5.14. The van der Waals surface area contributed by atoms with E-state index in [1.54, 1.807) is 12.2 Å². The summed E-state index contributed by atoms with van der Waals surface area (Å²) < 4.78 is 0. The van der Waals surface area contributed by atoms with E-state index in [1.165, 1.54) is 0 Å². The summed E-state index contributed by atoms with van der Waals surface area (Å²) in [6.45, 7) is 0. The van der Waals surface area contributed by atoms with Crippen LogP contribution in [0.3, 0.4) is 0 Å². The summed E-state index contributed by atoms with van der Waals surface area (Å²) in [5.41, 5.74) is 3.89. The Hall–Kier alpha value is -3.13. The normalized spacial score (nSPS) is 10.6. The fraction of sp³-hybridized carbons (Fsp3) is 0. The monoisotopic (exact) mass is 299 g/mol. The number of carbonyl (C=O) groups is 1.